The van der Waals surface area contributed by atoms with E-state index < -0.39 is 245 Å². The molecule has 0 aromatic rings. The van der Waals surface area contributed by atoms with Crippen molar-refractivity contribution in [3.63, 3.8) is 0 Å². The zero-order chi connectivity index (χ0) is 72.2. The summed E-state index contributed by atoms with van der Waals surface area (Å²) >= 11 is 0. The molecule has 1 saturated carbocycles. The standard InChI is InChI=1S/C13H22O5.C7H15NO10S2.C6H13NO12S3.C6H13NO10S2.C6H10O8S.4H2O/c14-10-6-11(13(15)16)18-8-12(10)17-7-9-4-2-1-3-5-9;1-16-7-6(8-19(10,11)12)5(9)2-4(18-7)3-17-20(13,14)15;8-20(9,10)7-5-3-17-4(2-18-21(11,12)13)1-6(5)19-22(14,15)16;8-5-3(7-18(10,11)12)1-16-4(6(5)9)2-17-19(13,14)15;7-3-1-4(6(8)9)13-2-5(3)14-15(10,11)12;;;;/h9-12,14H,1-8H2,(H,15,16);4-9H,2-3H2,1H3,(H,10,11,12)(H,13,14,15);4-7H,1-3H2,(H,8,9,10)(H,11,12,13)(H,14,15,16);3-9H,1-2H2,(H,10,11,12)(H,13,14,15);3-5,7H,1-2H2,(H,8,9)(H,10,11,12);4*1H2/p-10/t10-,11?,12?;4?,5-,6?,7+;4?,5?,6-;3?,4?,5-,6+;3-,4?,5?;;;;/m11101..../s1. The fourth-order valence-corrected chi connectivity index (χ4v) is 12.4. The zero-order valence-corrected chi connectivity index (χ0v) is 56.3. The Morgan fingerprint density at radius 3 is 1.29 bits per heavy atom. The van der Waals surface area contributed by atoms with Crippen LogP contribution in [0, 0.1) is 5.92 Å². The first-order chi connectivity index (χ1) is 42.7. The lowest BCUT2D eigenvalue weighted by molar-refractivity contribution is -0.322. The predicted octanol–water partition coefficient (Wildman–Crippen LogP) is -17.2. The van der Waals surface area contributed by atoms with E-state index in [2.05, 4.69) is 25.7 Å². The van der Waals surface area contributed by atoms with Gasteiger partial charge in [0.1, 0.15) is 30.5 Å². The lowest BCUT2D eigenvalue weighted by Crippen LogP contribution is -2.60. The molecule has 0 spiro atoms. The number of carboxylic acids is 2. The number of aliphatic hydroxyl groups is 5. The second-order valence-corrected chi connectivity index (χ2v) is 28.7. The Morgan fingerprint density at radius 2 is 0.867 bits per heavy atom. The summed E-state index contributed by atoms with van der Waals surface area (Å²) in [5, 5.41) is 68.8. The van der Waals surface area contributed by atoms with Crippen LogP contribution in [0.2, 0.25) is 0 Å². The Kier molecular flexibility index (Phi) is 44.2. The molecule has 17 atom stereocenters. The highest BCUT2D eigenvalue weighted by atomic mass is 32.3. The maximum atomic E-state index is 10.6. The van der Waals surface area contributed by atoms with Gasteiger partial charge in [-0.1, -0.05) is 19.3 Å². The molecule has 6 rings (SSSR count). The third-order valence-electron chi connectivity index (χ3n) is 12.9. The van der Waals surface area contributed by atoms with Gasteiger partial charge in [-0.3, -0.25) is 20.9 Å². The first-order valence-corrected chi connectivity index (χ1v) is 37.0. The molecule has 0 radical (unpaired) electrons. The number of ether oxygens (including phenoxy) is 7. The fraction of sp³-hybridized carbons (Fsp3) is 0.947. The van der Waals surface area contributed by atoms with Gasteiger partial charge in [0.2, 0.25) is 52.0 Å². The van der Waals surface area contributed by atoms with Gasteiger partial charge in [-0.05, 0) is 18.8 Å². The van der Waals surface area contributed by atoms with Gasteiger partial charge in [0.05, 0.1) is 132 Å². The van der Waals surface area contributed by atoms with Crippen LogP contribution in [0.15, 0.2) is 0 Å². The molecular weight excluding hydrogens is 1540 g/mol. The SMILES string of the molecule is CO[C@H]1OC(COS(=O)(=O)[O-])C[C@@H](O)C1NS(=O)(=O)[O-].O.O.O.O.O=C([O-])C1C[C@@H](O)C(OCC2CCCCC2)CO1.O=C([O-])C1C[C@@H](O)C(OS(=O)(=O)[O-])CO1.O=S(=O)([O-])NC1COC(COS(=O)(=O)[O-])C[C@H]1OS(=O)(=O)[O-].O=S(=O)([O-])NC1COC(COS(=O)(=O)[O-])[C@@H](O)[C@H]1O. The Hall–Kier alpha value is -2.74. The molecule has 16 N–H and O–H groups in total. The lowest BCUT2D eigenvalue weighted by Gasteiger charge is -2.39. The summed E-state index contributed by atoms with van der Waals surface area (Å²) in [6.45, 7) is -3.17. The lowest BCUT2D eigenvalue weighted by atomic mass is 9.90. The molecule has 5 saturated heterocycles. The van der Waals surface area contributed by atoms with Crippen molar-refractivity contribution in [2.45, 2.75) is 162 Å². The van der Waals surface area contributed by atoms with Crippen molar-refractivity contribution in [3.8, 4) is 0 Å². The fourth-order valence-electron chi connectivity index (χ4n) is 8.70. The molecule has 0 amide bonds. The van der Waals surface area contributed by atoms with Crippen LogP contribution in [-0.2, 0) is 147 Å². The van der Waals surface area contributed by atoms with Crippen molar-refractivity contribution in [2.75, 3.05) is 60.0 Å². The molecule has 5 aliphatic heterocycles. The quantitative estimate of drug-likeness (QED) is 0.0311. The normalized spacial score (nSPS) is 30.5. The van der Waals surface area contributed by atoms with Crippen LogP contribution in [0.3, 0.4) is 0 Å². The summed E-state index contributed by atoms with van der Waals surface area (Å²) in [6.07, 6.45) is -12.6. The van der Waals surface area contributed by atoms with Crippen LogP contribution in [0.25, 0.3) is 0 Å². The maximum absolute atomic E-state index is 10.6. The van der Waals surface area contributed by atoms with Crippen LogP contribution < -0.4 is 24.4 Å². The van der Waals surface area contributed by atoms with Gasteiger partial charge < -0.3 is 137 Å². The molecule has 52 nitrogen and oxygen atoms in total. The Balaban J connectivity index is -0.00000114. The first kappa shape index (κ1) is 99.4. The van der Waals surface area contributed by atoms with Crippen molar-refractivity contribution in [1.82, 2.24) is 14.2 Å². The molecule has 5 heterocycles. The summed E-state index contributed by atoms with van der Waals surface area (Å²) in [6, 6.07) is -4.24. The van der Waals surface area contributed by atoms with Gasteiger partial charge in [0.15, 0.2) is 37.2 Å². The van der Waals surface area contributed by atoms with Crippen molar-refractivity contribution in [1.29, 1.82) is 0 Å². The molecule has 6 aliphatic rings. The van der Waals surface area contributed by atoms with Crippen LogP contribution in [0.1, 0.15) is 57.8 Å². The molecule has 0 aromatic carbocycles. The molecular formula is C38H71N3O49S8-10. The maximum Gasteiger partial charge on any atom is 0.218 e. The second kappa shape index (κ2) is 43.5. The van der Waals surface area contributed by atoms with E-state index in [1.54, 1.807) is 4.72 Å². The predicted molar refractivity (Wildman–Crippen MR) is 290 cm³/mol. The zero-order valence-electron chi connectivity index (χ0n) is 49.7. The molecule has 0 bridgehead atoms. The molecule has 98 heavy (non-hydrogen) atoms. The number of aliphatic hydroxyl groups excluding tert-OH is 5. The Bertz CT molecular complexity index is 3310. The third-order valence-corrected chi connectivity index (χ3v) is 16.9. The molecule has 6 fully saturated rings. The van der Waals surface area contributed by atoms with Crippen LogP contribution in [0.5, 0.6) is 0 Å². The summed E-state index contributed by atoms with van der Waals surface area (Å²) in [7, 11) is -38.7. The van der Waals surface area contributed by atoms with Gasteiger partial charge in [-0.15, -0.1) is 0 Å². The van der Waals surface area contributed by atoms with Gasteiger partial charge >= 0.3 is 0 Å². The number of rotatable bonds is 25. The first-order valence-electron chi connectivity index (χ1n) is 26.1. The highest BCUT2D eigenvalue weighted by Crippen LogP contribution is 2.27. The van der Waals surface area contributed by atoms with Gasteiger partial charge in [0.25, 0.3) is 0 Å². The number of hydrogen-bond donors (Lipinski definition) is 8. The second-order valence-electron chi connectivity index (χ2n) is 20.1. The van der Waals surface area contributed by atoms with Crippen molar-refractivity contribution < 1.29 is 225 Å². The molecule has 0 aromatic heterocycles. The van der Waals surface area contributed by atoms with Crippen LogP contribution in [-0.4, -0.2) is 327 Å². The Morgan fingerprint density at radius 1 is 0.449 bits per heavy atom. The monoisotopic (exact) mass is 1610 g/mol. The van der Waals surface area contributed by atoms with E-state index in [1.165, 1.54) is 41.5 Å². The topological polar surface area (TPSA) is 912 Å². The number of carbonyl (C=O) groups is 2. The van der Waals surface area contributed by atoms with E-state index in [9.17, 15) is 149 Å². The van der Waals surface area contributed by atoms with Crippen molar-refractivity contribution in [2.24, 2.45) is 5.92 Å². The average molecular weight is 1610 g/mol. The van der Waals surface area contributed by atoms with Crippen LogP contribution in [0.4, 0.5) is 0 Å². The molecule has 60 heteroatoms. The minimum atomic E-state index is -5.24. The summed E-state index contributed by atoms with van der Waals surface area (Å²) in [5.41, 5.74) is 0. The number of hydrogen-bond acceptors (Lipinski definition) is 45. The van der Waals surface area contributed by atoms with Crippen molar-refractivity contribution >= 4 is 94.8 Å². The number of nitrogens with one attached hydrogen (secondary N) is 3. The third kappa shape index (κ3) is 43.4. The van der Waals surface area contributed by atoms with E-state index in [0.29, 0.717) is 12.5 Å². The van der Waals surface area contributed by atoms with E-state index in [-0.39, 0.29) is 47.8 Å². The van der Waals surface area contributed by atoms with E-state index >= 15 is 0 Å². The molecule has 1 aliphatic carbocycles. The molecule has 590 valence electrons. The molecule has 10 unspecified atom stereocenters. The highest BCUT2D eigenvalue weighted by Gasteiger charge is 2.42. The van der Waals surface area contributed by atoms with Crippen LogP contribution >= 0.6 is 0 Å². The van der Waals surface area contributed by atoms with Gasteiger partial charge in [0, 0.05) is 32.8 Å². The minimum Gasteiger partial charge on any atom is -0.735 e. The number of carbonyl (C=O) groups excluding carboxylic acids is 2. The van der Waals surface area contributed by atoms with E-state index in [1.807, 2.05) is 0 Å². The van der Waals surface area contributed by atoms with E-state index in [0.717, 1.165) is 7.11 Å². The Labute approximate surface area is 559 Å². The minimum absolute atomic E-state index is 0. The van der Waals surface area contributed by atoms with Gasteiger partial charge in [-0.25, -0.2) is 81.5 Å². The average Bonchev–Trinajstić information content (AvgIpc) is 0.856. The highest BCUT2D eigenvalue weighted by molar-refractivity contribution is 7.84. The smallest absolute Gasteiger partial charge is 0.218 e. The largest absolute Gasteiger partial charge is 0.735 e. The summed E-state index contributed by atoms with van der Waals surface area (Å²) < 4.78 is 309. The van der Waals surface area contributed by atoms with Gasteiger partial charge in [-0.2, -0.15) is 0 Å². The number of methoxy groups -OCH3 is 1. The summed E-state index contributed by atoms with van der Waals surface area (Å²) in [5.74, 6) is -2.21. The number of carboxylic acid groups (broad SMARTS) is 2. The number of aliphatic carboxylic acids is 2. The van der Waals surface area contributed by atoms with E-state index in [4.69, 9.17) is 28.4 Å². The van der Waals surface area contributed by atoms with Crippen molar-refractivity contribution in [3.05, 3.63) is 0 Å². The summed E-state index contributed by atoms with van der Waals surface area (Å²) in [4.78, 5) is 20.9.